The highest BCUT2D eigenvalue weighted by molar-refractivity contribution is 5.94. The third-order valence-corrected chi connectivity index (χ3v) is 6.74. The zero-order chi connectivity index (χ0) is 26.8. The molecule has 38 heavy (non-hydrogen) atoms. The highest BCUT2D eigenvalue weighted by atomic mass is 19.1. The summed E-state index contributed by atoms with van der Waals surface area (Å²) in [7, 11) is 2.05. The number of aryl methyl sites for hydroxylation is 2. The molecule has 0 aliphatic carbocycles. The normalized spacial score (nSPS) is 13.9. The first-order chi connectivity index (χ1) is 18.4. The number of ether oxygens (including phenoxy) is 1. The minimum atomic E-state index is -0.447. The number of halogens is 1. The number of fused-ring (bicyclic) bond motifs is 1. The molecule has 0 spiro atoms. The van der Waals surface area contributed by atoms with Gasteiger partial charge in [0.25, 0.3) is 5.91 Å². The Morgan fingerprint density at radius 3 is 2.61 bits per heavy atom. The van der Waals surface area contributed by atoms with Crippen molar-refractivity contribution >= 4 is 28.3 Å². The molecule has 1 saturated heterocycles. The van der Waals surface area contributed by atoms with Crippen molar-refractivity contribution in [1.29, 1.82) is 5.26 Å². The summed E-state index contributed by atoms with van der Waals surface area (Å²) in [5, 5.41) is 13.8. The topological polar surface area (TPSA) is 110 Å². The lowest BCUT2D eigenvalue weighted by Gasteiger charge is -2.32. The van der Waals surface area contributed by atoms with Gasteiger partial charge in [0.2, 0.25) is 5.88 Å². The third-order valence-electron chi connectivity index (χ3n) is 6.74. The summed E-state index contributed by atoms with van der Waals surface area (Å²) >= 11 is 0. The Morgan fingerprint density at radius 1 is 1.18 bits per heavy atom. The lowest BCUT2D eigenvalue weighted by Crippen LogP contribution is -2.47. The molecule has 9 nitrogen and oxygen atoms in total. The van der Waals surface area contributed by atoms with E-state index >= 15 is 0 Å². The van der Waals surface area contributed by atoms with E-state index in [4.69, 9.17) is 4.74 Å². The van der Waals surface area contributed by atoms with E-state index in [0.29, 0.717) is 42.0 Å². The summed E-state index contributed by atoms with van der Waals surface area (Å²) in [6, 6.07) is 12.3. The Morgan fingerprint density at radius 2 is 1.92 bits per heavy atom. The molecule has 10 heteroatoms. The van der Waals surface area contributed by atoms with E-state index in [9.17, 15) is 14.4 Å². The molecule has 2 aromatic carbocycles. The molecule has 0 unspecified atom stereocenters. The monoisotopic (exact) mass is 513 g/mol. The zero-order valence-corrected chi connectivity index (χ0v) is 21.5. The Bertz CT molecular complexity index is 1530. The van der Waals surface area contributed by atoms with Crippen molar-refractivity contribution < 1.29 is 13.9 Å². The molecule has 3 heterocycles. The number of H-pyrrole nitrogens is 1. The Kier molecular flexibility index (Phi) is 6.94. The summed E-state index contributed by atoms with van der Waals surface area (Å²) in [6.45, 7) is 6.93. The van der Waals surface area contributed by atoms with Crippen LogP contribution in [0.25, 0.3) is 10.9 Å². The van der Waals surface area contributed by atoms with E-state index in [2.05, 4.69) is 31.2 Å². The number of nitrogens with one attached hydrogen (secondary N) is 2. The molecular formula is C28H28FN7O2. The van der Waals surface area contributed by atoms with Gasteiger partial charge in [0.05, 0.1) is 5.52 Å². The molecule has 2 N–H and O–H groups in total. The van der Waals surface area contributed by atoms with Crippen LogP contribution in [0.4, 0.5) is 15.9 Å². The second-order valence-electron chi connectivity index (χ2n) is 9.34. The maximum atomic E-state index is 14.8. The van der Waals surface area contributed by atoms with Crippen molar-refractivity contribution in [3.8, 4) is 17.7 Å². The Hall–Kier alpha value is -4.49. The van der Waals surface area contributed by atoms with Gasteiger partial charge in [-0.2, -0.15) is 5.26 Å². The Labute approximate surface area is 219 Å². The molecule has 0 saturated carbocycles. The van der Waals surface area contributed by atoms with E-state index in [-0.39, 0.29) is 23.2 Å². The number of benzene rings is 2. The van der Waals surface area contributed by atoms with Crippen LogP contribution < -0.4 is 10.1 Å². The zero-order valence-electron chi connectivity index (χ0n) is 21.5. The largest absolute Gasteiger partial charge is 0.437 e. The molecule has 1 fully saturated rings. The number of hydrogen-bond acceptors (Lipinski definition) is 7. The van der Waals surface area contributed by atoms with Gasteiger partial charge in [0.1, 0.15) is 18.1 Å². The summed E-state index contributed by atoms with van der Waals surface area (Å²) in [4.78, 5) is 28.3. The van der Waals surface area contributed by atoms with Gasteiger partial charge in [-0.1, -0.05) is 6.92 Å². The highest BCUT2D eigenvalue weighted by Crippen LogP contribution is 2.36. The molecule has 194 valence electrons. The number of rotatable bonds is 6. The maximum absolute atomic E-state index is 14.8. The van der Waals surface area contributed by atoms with Gasteiger partial charge in [0.15, 0.2) is 17.2 Å². The first kappa shape index (κ1) is 25.2. The van der Waals surface area contributed by atoms with Gasteiger partial charge in [-0.05, 0) is 50.7 Å². The van der Waals surface area contributed by atoms with Crippen molar-refractivity contribution in [2.45, 2.75) is 20.3 Å². The molecule has 1 amide bonds. The molecular weight excluding hydrogens is 485 g/mol. The van der Waals surface area contributed by atoms with Crippen LogP contribution in [0.5, 0.6) is 11.6 Å². The molecule has 1 aliphatic rings. The molecule has 0 radical (unpaired) electrons. The van der Waals surface area contributed by atoms with E-state index in [1.54, 1.807) is 24.3 Å². The lowest BCUT2D eigenvalue weighted by molar-refractivity contribution is 0.0664. The fraction of sp³-hybridized carbons (Fsp3) is 0.286. The first-order valence-electron chi connectivity index (χ1n) is 12.5. The predicted octanol–water partition coefficient (Wildman–Crippen LogP) is 4.76. The fourth-order valence-electron chi connectivity index (χ4n) is 4.65. The van der Waals surface area contributed by atoms with Crippen LogP contribution in [-0.4, -0.2) is 63.9 Å². The van der Waals surface area contributed by atoms with Gasteiger partial charge < -0.3 is 24.8 Å². The average molecular weight is 514 g/mol. The van der Waals surface area contributed by atoms with Crippen molar-refractivity contribution in [1.82, 2.24) is 24.8 Å². The number of piperazine rings is 1. The average Bonchev–Trinajstić information content (AvgIpc) is 3.31. The predicted molar refractivity (Wildman–Crippen MR) is 142 cm³/mol. The van der Waals surface area contributed by atoms with E-state index < -0.39 is 5.82 Å². The molecule has 0 bridgehead atoms. The van der Waals surface area contributed by atoms with E-state index in [1.807, 2.05) is 31.9 Å². The Balaban J connectivity index is 1.38. The number of aromatic nitrogens is 3. The van der Waals surface area contributed by atoms with Crippen LogP contribution in [0, 0.1) is 24.1 Å². The summed E-state index contributed by atoms with van der Waals surface area (Å²) in [6.07, 6.45) is 1.88. The van der Waals surface area contributed by atoms with Crippen LogP contribution in [0.2, 0.25) is 0 Å². The molecule has 5 rings (SSSR count). The highest BCUT2D eigenvalue weighted by Gasteiger charge is 2.21. The number of nitrogens with zero attached hydrogens (tertiary/aromatic N) is 5. The van der Waals surface area contributed by atoms with Gasteiger partial charge in [-0.25, -0.2) is 14.4 Å². The van der Waals surface area contributed by atoms with Crippen molar-refractivity contribution in [2.75, 3.05) is 38.5 Å². The number of anilines is 2. The lowest BCUT2D eigenvalue weighted by atomic mass is 10.1. The number of aromatic amines is 1. The van der Waals surface area contributed by atoms with Crippen LogP contribution in [-0.2, 0) is 6.42 Å². The smallest absolute Gasteiger partial charge is 0.253 e. The van der Waals surface area contributed by atoms with Gasteiger partial charge >= 0.3 is 0 Å². The molecule has 0 atom stereocenters. The van der Waals surface area contributed by atoms with Crippen molar-refractivity contribution in [2.24, 2.45) is 0 Å². The van der Waals surface area contributed by atoms with Crippen molar-refractivity contribution in [3.05, 3.63) is 70.9 Å². The number of carbonyl (C=O) groups excluding carboxylic acids is 1. The number of hydrogen-bond donors (Lipinski definition) is 2. The number of amides is 1. The van der Waals surface area contributed by atoms with Gasteiger partial charge in [0, 0.05) is 60.1 Å². The SMILES string of the molecule is CCc1c(Oc2ncnc(Nc3ccc(C(=O)N4CCN(C)CC4)cc3)c2C#N)cc(F)c2[nH]c(C)cc12. The third kappa shape index (κ3) is 4.88. The quantitative estimate of drug-likeness (QED) is 0.382. The number of likely N-dealkylation sites (N-methyl/N-ethyl adjacent to an activating group) is 1. The summed E-state index contributed by atoms with van der Waals surface area (Å²) < 4.78 is 20.8. The molecule has 2 aromatic heterocycles. The van der Waals surface area contributed by atoms with Crippen LogP contribution in [0.15, 0.2) is 42.7 Å². The standard InChI is InChI=1S/C28H28FN7O2/c1-4-20-21-13-17(2)33-25(21)23(29)14-24(20)38-27-22(15-30)26(31-16-32-27)34-19-7-5-18(6-8-19)28(37)36-11-9-35(3)10-12-36/h5-8,13-14,16,33H,4,9-12H2,1-3H3,(H,31,32,34). The van der Waals surface area contributed by atoms with Crippen molar-refractivity contribution in [3.63, 3.8) is 0 Å². The number of nitriles is 1. The molecule has 1 aliphatic heterocycles. The van der Waals surface area contributed by atoms with Gasteiger partial charge in [-0.3, -0.25) is 4.79 Å². The minimum absolute atomic E-state index is 0.00590. The van der Waals surface area contributed by atoms with Crippen LogP contribution in [0.1, 0.15) is 34.1 Å². The van der Waals surface area contributed by atoms with E-state index in [1.165, 1.54) is 12.4 Å². The number of carbonyl (C=O) groups is 1. The van der Waals surface area contributed by atoms with Gasteiger partial charge in [-0.15, -0.1) is 0 Å². The fourth-order valence-corrected chi connectivity index (χ4v) is 4.65. The first-order valence-corrected chi connectivity index (χ1v) is 12.5. The summed E-state index contributed by atoms with van der Waals surface area (Å²) in [5.41, 5.74) is 3.39. The van der Waals surface area contributed by atoms with E-state index in [0.717, 1.165) is 29.7 Å². The van der Waals surface area contributed by atoms with Crippen LogP contribution >= 0.6 is 0 Å². The second-order valence-corrected chi connectivity index (χ2v) is 9.34. The van der Waals surface area contributed by atoms with Crippen LogP contribution in [0.3, 0.4) is 0 Å². The maximum Gasteiger partial charge on any atom is 0.253 e. The second kappa shape index (κ2) is 10.5. The molecule has 4 aromatic rings. The summed E-state index contributed by atoms with van der Waals surface area (Å²) in [5.74, 6) is 0.107. The minimum Gasteiger partial charge on any atom is -0.437 e.